The van der Waals surface area contributed by atoms with Gasteiger partial charge in [0.05, 0.1) is 12.7 Å². The predicted octanol–water partition coefficient (Wildman–Crippen LogP) is 3.61. The van der Waals surface area contributed by atoms with Crippen LogP contribution in [0.2, 0.25) is 0 Å². The van der Waals surface area contributed by atoms with Crippen LogP contribution >= 0.6 is 31.9 Å². The first-order valence-corrected chi connectivity index (χ1v) is 7.49. The number of rotatable bonds is 5. The van der Waals surface area contributed by atoms with Gasteiger partial charge < -0.3 is 10.1 Å². The van der Waals surface area contributed by atoms with Crippen LogP contribution in [-0.4, -0.2) is 24.9 Å². The molecule has 1 amide bonds. The maximum absolute atomic E-state index is 12.1. The quantitative estimate of drug-likeness (QED) is 0.795. The van der Waals surface area contributed by atoms with E-state index < -0.39 is 0 Å². The van der Waals surface area contributed by atoms with E-state index in [1.165, 1.54) is 0 Å². The minimum atomic E-state index is -0.117. The van der Waals surface area contributed by atoms with Gasteiger partial charge in [0.2, 0.25) is 0 Å². The first kappa shape index (κ1) is 15.5. The predicted molar refractivity (Wildman–Crippen MR) is 80.6 cm³/mol. The highest BCUT2D eigenvalue weighted by atomic mass is 79.9. The molecule has 5 heteroatoms. The molecule has 1 aromatic carbocycles. The summed E-state index contributed by atoms with van der Waals surface area (Å²) in [6.45, 7) is 4.78. The molecule has 0 aliphatic carbocycles. The van der Waals surface area contributed by atoms with Crippen LogP contribution in [0.3, 0.4) is 0 Å². The summed E-state index contributed by atoms with van der Waals surface area (Å²) < 4.78 is 6.09. The molecule has 3 nitrogen and oxygen atoms in total. The Kier molecular flexibility index (Phi) is 5.66. The van der Waals surface area contributed by atoms with Crippen molar-refractivity contribution in [3.8, 4) is 5.75 Å². The molecular formula is C13H17Br2NO2. The molecule has 0 fully saturated rings. The molecule has 18 heavy (non-hydrogen) atoms. The highest BCUT2D eigenvalue weighted by molar-refractivity contribution is 9.10. The van der Waals surface area contributed by atoms with Crippen molar-refractivity contribution in [2.75, 3.05) is 19.0 Å². The summed E-state index contributed by atoms with van der Waals surface area (Å²) >= 11 is 6.78. The van der Waals surface area contributed by atoms with E-state index in [0.29, 0.717) is 17.9 Å². The van der Waals surface area contributed by atoms with E-state index in [2.05, 4.69) is 51.0 Å². The fourth-order valence-electron chi connectivity index (χ4n) is 1.31. The average molecular weight is 379 g/mol. The summed E-state index contributed by atoms with van der Waals surface area (Å²) in [5.41, 5.74) is 0.573. The molecule has 0 aliphatic heterocycles. The third-order valence-corrected chi connectivity index (χ3v) is 4.51. The van der Waals surface area contributed by atoms with Gasteiger partial charge in [0.15, 0.2) is 0 Å². The number of amides is 1. The third-order valence-electron chi connectivity index (χ3n) is 2.50. The van der Waals surface area contributed by atoms with Gasteiger partial charge >= 0.3 is 0 Å². The van der Waals surface area contributed by atoms with Gasteiger partial charge in [0.25, 0.3) is 5.91 Å². The summed E-state index contributed by atoms with van der Waals surface area (Å²) in [5.74, 6) is 0.451. The van der Waals surface area contributed by atoms with Crippen molar-refractivity contribution in [2.24, 2.45) is 5.41 Å². The minimum Gasteiger partial charge on any atom is -0.496 e. The van der Waals surface area contributed by atoms with E-state index in [-0.39, 0.29) is 11.3 Å². The molecule has 1 N–H and O–H groups in total. The Morgan fingerprint density at radius 2 is 2.11 bits per heavy atom. The zero-order valence-electron chi connectivity index (χ0n) is 10.7. The number of halogens is 2. The first-order valence-electron chi connectivity index (χ1n) is 5.57. The van der Waals surface area contributed by atoms with Crippen LogP contribution in [0.4, 0.5) is 0 Å². The van der Waals surface area contributed by atoms with Crippen LogP contribution in [0.5, 0.6) is 5.75 Å². The van der Waals surface area contributed by atoms with Gasteiger partial charge in [-0.2, -0.15) is 0 Å². The van der Waals surface area contributed by atoms with Gasteiger partial charge in [0.1, 0.15) is 5.75 Å². The van der Waals surface area contributed by atoms with E-state index in [9.17, 15) is 4.79 Å². The lowest BCUT2D eigenvalue weighted by Gasteiger charge is -2.22. The molecule has 100 valence electrons. The van der Waals surface area contributed by atoms with Crippen molar-refractivity contribution in [3.05, 3.63) is 28.2 Å². The third kappa shape index (κ3) is 4.28. The maximum Gasteiger partial charge on any atom is 0.255 e. The number of carbonyl (C=O) groups excluding carboxylic acids is 1. The Morgan fingerprint density at radius 3 is 2.67 bits per heavy atom. The fraction of sp³-hybridized carbons (Fsp3) is 0.462. The largest absolute Gasteiger partial charge is 0.496 e. The zero-order chi connectivity index (χ0) is 13.8. The normalized spacial score (nSPS) is 11.2. The maximum atomic E-state index is 12.1. The van der Waals surface area contributed by atoms with Gasteiger partial charge in [-0.25, -0.2) is 0 Å². The van der Waals surface area contributed by atoms with Crippen molar-refractivity contribution in [2.45, 2.75) is 13.8 Å². The van der Waals surface area contributed by atoms with Crippen molar-refractivity contribution < 1.29 is 9.53 Å². The van der Waals surface area contributed by atoms with Crippen LogP contribution in [0.15, 0.2) is 22.7 Å². The molecule has 0 saturated carbocycles. The summed E-state index contributed by atoms with van der Waals surface area (Å²) in [6, 6.07) is 5.36. The van der Waals surface area contributed by atoms with Crippen LogP contribution in [0.1, 0.15) is 24.2 Å². The molecule has 0 saturated heterocycles. The Labute approximate surface area is 125 Å². The monoisotopic (exact) mass is 377 g/mol. The van der Waals surface area contributed by atoms with Crippen LogP contribution in [0, 0.1) is 5.41 Å². The molecule has 0 unspecified atom stereocenters. The number of alkyl halides is 1. The molecule has 0 bridgehead atoms. The Bertz CT molecular complexity index is 433. The highest BCUT2D eigenvalue weighted by Crippen LogP contribution is 2.24. The topological polar surface area (TPSA) is 38.3 Å². The molecule has 1 rings (SSSR count). The number of ether oxygens (including phenoxy) is 1. The molecular weight excluding hydrogens is 362 g/mol. The van der Waals surface area contributed by atoms with Gasteiger partial charge in [-0.1, -0.05) is 45.7 Å². The average Bonchev–Trinajstić information content (AvgIpc) is 2.36. The number of nitrogens with one attached hydrogen (secondary N) is 1. The summed E-state index contributed by atoms with van der Waals surface area (Å²) in [4.78, 5) is 12.1. The summed E-state index contributed by atoms with van der Waals surface area (Å²) in [6.07, 6.45) is 0. The molecule has 1 aromatic rings. The number of hydrogen-bond acceptors (Lipinski definition) is 2. The minimum absolute atomic E-state index is 0.0261. The second kappa shape index (κ2) is 6.57. The van der Waals surface area contributed by atoms with E-state index in [4.69, 9.17) is 4.74 Å². The number of methoxy groups -OCH3 is 1. The van der Waals surface area contributed by atoms with Crippen LogP contribution in [-0.2, 0) is 0 Å². The fourth-order valence-corrected chi connectivity index (χ4v) is 1.85. The molecule has 0 heterocycles. The second-order valence-corrected chi connectivity index (χ2v) is 6.30. The van der Waals surface area contributed by atoms with Crippen LogP contribution < -0.4 is 10.1 Å². The van der Waals surface area contributed by atoms with Gasteiger partial charge in [-0.15, -0.1) is 0 Å². The van der Waals surface area contributed by atoms with Crippen molar-refractivity contribution >= 4 is 37.8 Å². The molecule has 0 aromatic heterocycles. The number of hydrogen-bond donors (Lipinski definition) is 1. The van der Waals surface area contributed by atoms with E-state index in [0.717, 1.165) is 9.80 Å². The zero-order valence-corrected chi connectivity index (χ0v) is 13.9. The lowest BCUT2D eigenvalue weighted by Crippen LogP contribution is -2.35. The van der Waals surface area contributed by atoms with Gasteiger partial charge in [-0.05, 0) is 23.6 Å². The number of benzene rings is 1. The SMILES string of the molecule is COc1cc(Br)ccc1C(=O)NCC(C)(C)CBr. The second-order valence-electron chi connectivity index (χ2n) is 4.83. The van der Waals surface area contributed by atoms with Gasteiger partial charge in [-0.3, -0.25) is 4.79 Å². The Balaban J connectivity index is 2.79. The molecule has 0 atom stereocenters. The Hall–Kier alpha value is -0.550. The van der Waals surface area contributed by atoms with Crippen molar-refractivity contribution in [1.29, 1.82) is 0 Å². The van der Waals surface area contributed by atoms with Gasteiger partial charge in [0, 0.05) is 16.3 Å². The highest BCUT2D eigenvalue weighted by Gasteiger charge is 2.19. The van der Waals surface area contributed by atoms with Crippen LogP contribution in [0.25, 0.3) is 0 Å². The number of carbonyl (C=O) groups is 1. The lowest BCUT2D eigenvalue weighted by atomic mass is 9.97. The molecule has 0 aliphatic rings. The van der Waals surface area contributed by atoms with E-state index >= 15 is 0 Å². The molecule has 0 radical (unpaired) electrons. The Morgan fingerprint density at radius 1 is 1.44 bits per heavy atom. The van der Waals surface area contributed by atoms with Crippen molar-refractivity contribution in [1.82, 2.24) is 5.32 Å². The molecule has 0 spiro atoms. The summed E-state index contributed by atoms with van der Waals surface area (Å²) in [5, 5.41) is 3.75. The van der Waals surface area contributed by atoms with Crippen molar-refractivity contribution in [3.63, 3.8) is 0 Å². The van der Waals surface area contributed by atoms with E-state index in [1.54, 1.807) is 19.2 Å². The first-order chi connectivity index (χ1) is 8.39. The van der Waals surface area contributed by atoms with E-state index in [1.807, 2.05) is 6.07 Å². The standard InChI is InChI=1S/C13H17Br2NO2/c1-13(2,7-14)8-16-12(17)10-5-4-9(15)6-11(10)18-3/h4-6H,7-8H2,1-3H3,(H,16,17). The smallest absolute Gasteiger partial charge is 0.255 e. The lowest BCUT2D eigenvalue weighted by molar-refractivity contribution is 0.0937. The summed E-state index contributed by atoms with van der Waals surface area (Å²) in [7, 11) is 1.56.